The van der Waals surface area contributed by atoms with Crippen LogP contribution in [0.5, 0.6) is 0 Å². The Labute approximate surface area is 608 Å². The van der Waals surface area contributed by atoms with E-state index in [9.17, 15) is 25.3 Å². The zero-order chi connectivity index (χ0) is 71.4. The predicted octanol–water partition coefficient (Wildman–Crippen LogP) is 11.5. The van der Waals surface area contributed by atoms with Crippen molar-refractivity contribution in [3.8, 4) is 33.8 Å². The molecule has 0 amide bonds. The van der Waals surface area contributed by atoms with E-state index in [1.165, 1.54) is 64.2 Å². The summed E-state index contributed by atoms with van der Waals surface area (Å²) in [5, 5.41) is 10.4. The van der Waals surface area contributed by atoms with E-state index in [4.69, 9.17) is 34.4 Å². The highest BCUT2D eigenvalue weighted by molar-refractivity contribution is 14.1. The van der Waals surface area contributed by atoms with Crippen molar-refractivity contribution in [1.82, 2.24) is 71.9 Å². The summed E-state index contributed by atoms with van der Waals surface area (Å²) < 4.78 is 93.7. The van der Waals surface area contributed by atoms with E-state index >= 15 is 0 Å². The van der Waals surface area contributed by atoms with Crippen molar-refractivity contribution in [2.24, 2.45) is 0 Å². The fourth-order valence-electron chi connectivity index (χ4n) is 12.9. The molecule has 5 aliphatic rings. The zero-order valence-electron chi connectivity index (χ0n) is 59.2. The van der Waals surface area contributed by atoms with Gasteiger partial charge in [0.15, 0.2) is 16.9 Å². The molecule has 3 aliphatic heterocycles. The molecule has 32 heteroatoms. The smallest absolute Gasteiger partial charge is 0.211 e. The van der Waals surface area contributed by atoms with E-state index in [0.29, 0.717) is 82.0 Å². The summed E-state index contributed by atoms with van der Waals surface area (Å²) in [6.07, 6.45) is 30.5. The Bertz CT molecular complexity index is 4760. The van der Waals surface area contributed by atoms with Crippen LogP contribution in [0.1, 0.15) is 87.2 Å². The Morgan fingerprint density at radius 1 is 0.505 bits per heavy atom. The van der Waals surface area contributed by atoms with Gasteiger partial charge in [-0.25, -0.2) is 83.0 Å². The second-order valence-corrected chi connectivity index (χ2v) is 48.2. The first-order chi connectivity index (χ1) is 48.1. The van der Waals surface area contributed by atoms with Crippen LogP contribution in [-0.4, -0.2) is 203 Å². The van der Waals surface area contributed by atoms with E-state index in [1.807, 2.05) is 59.6 Å². The van der Waals surface area contributed by atoms with Crippen LogP contribution in [-0.2, 0) is 53.0 Å². The van der Waals surface area contributed by atoms with Crippen molar-refractivity contribution in [1.29, 1.82) is 0 Å². The number of anilines is 3. The first-order valence-electron chi connectivity index (χ1n) is 35.0. The second kappa shape index (κ2) is 31.5. The van der Waals surface area contributed by atoms with Gasteiger partial charge >= 0.3 is 0 Å². The maximum absolute atomic E-state index is 12.1. The SMILES string of the molecule is CS(=O)(=O)N1CCCC(Nc2ncccc2-c2cnc3[nH]cc(C4CC4)c3n2)C1.C[Si](C)(C)CCOCn1cc(C2CC2)c2nc(-c3cccnc3NC3CCCN(S(C)(=O)=O)C3)cnc21.C[Si](C)(C)CCOCn1cc(I)c2nc(-c3cccnc3NC3CCCN(S(C)(=O)=O)C3)cnc21. The van der Waals surface area contributed by atoms with Crippen molar-refractivity contribution >= 4 is 120 Å². The van der Waals surface area contributed by atoms with E-state index in [1.54, 1.807) is 35.3 Å². The highest BCUT2D eigenvalue weighted by Crippen LogP contribution is 2.45. The van der Waals surface area contributed by atoms with Gasteiger partial charge in [-0.15, -0.1) is 0 Å². The lowest BCUT2D eigenvalue weighted by Gasteiger charge is -2.32. The summed E-state index contributed by atoms with van der Waals surface area (Å²) in [5.41, 5.74) is 12.5. The molecule has 3 unspecified atom stereocenters. The number of rotatable bonds is 24. The molecule has 9 aromatic rings. The van der Waals surface area contributed by atoms with Crippen LogP contribution in [0.4, 0.5) is 17.5 Å². The lowest BCUT2D eigenvalue weighted by Crippen LogP contribution is -2.44. The highest BCUT2D eigenvalue weighted by atomic mass is 127. The Balaban J connectivity index is 0.000000144. The van der Waals surface area contributed by atoms with Gasteiger partial charge in [0, 0.05) is 152 Å². The maximum atomic E-state index is 12.1. The number of ether oxygens (including phenoxy) is 2. The molecule has 26 nitrogen and oxygen atoms in total. The lowest BCUT2D eigenvalue weighted by atomic mass is 10.1. The summed E-state index contributed by atoms with van der Waals surface area (Å²) in [6, 6.07) is 13.8. The number of hydrogen-bond acceptors (Lipinski definition) is 20. The van der Waals surface area contributed by atoms with Gasteiger partial charge in [0.25, 0.3) is 0 Å². The van der Waals surface area contributed by atoms with Crippen LogP contribution in [0.25, 0.3) is 67.3 Å². The van der Waals surface area contributed by atoms with Crippen molar-refractivity contribution in [2.45, 2.75) is 159 Å². The largest absolute Gasteiger partial charge is 0.365 e. The number of sulfonamides is 3. The Morgan fingerprint density at radius 2 is 0.891 bits per heavy atom. The van der Waals surface area contributed by atoms with Crippen molar-refractivity contribution in [2.75, 3.05) is 87.2 Å². The molecule has 101 heavy (non-hydrogen) atoms. The molecule has 542 valence electrons. The molecule has 2 saturated carbocycles. The Morgan fingerprint density at radius 3 is 1.31 bits per heavy atom. The van der Waals surface area contributed by atoms with Crippen molar-refractivity contribution in [3.63, 3.8) is 0 Å². The Hall–Kier alpha value is -6.48. The van der Waals surface area contributed by atoms with E-state index in [0.717, 1.165) is 135 Å². The third kappa shape index (κ3) is 19.5. The number of H-pyrrole nitrogens is 1. The molecule has 3 atom stereocenters. The summed E-state index contributed by atoms with van der Waals surface area (Å²) in [5.74, 6) is 3.23. The van der Waals surface area contributed by atoms with Gasteiger partial charge in [0.1, 0.15) is 47.5 Å². The first kappa shape index (κ1) is 74.2. The standard InChI is InChI=1S/C26H38N6O3SSi.C23H33IN6O3SSi.C20H24N6O2S/c1-36(33,34)32-12-6-7-20(16-32)29-25-21(8-5-11-27-25)23-15-28-26-24(30-23)22(19-9-10-19)17-31(26)18-35-13-14-37(2,3)4;1-34(31,32)30-10-6-7-17(14-30)27-22-18(8-5-9-25-22)20-13-26-23-21(28-20)19(24)15-29(23)16-33-11-12-35(2,3)4;1-29(27,28)26-9-3-4-14(12-26)24-19-15(5-2-8-21-19)17-11-23-20-18(25-17)16(10-22-20)13-6-7-13/h5,8,11,15,17,19-20H,6-7,9-10,12-14,16,18H2,1-4H3,(H,27,29);5,8-9,13,15,17H,6-7,10-12,14,16H2,1-4H3,(H,25,27);2,5,8,10-11,13-14H,3-4,6-7,9,12H2,1H3,(H,21,24)(H,22,23). The number of nitrogens with zero attached hydrogens (tertiary/aromatic N) is 14. The minimum atomic E-state index is -3.22. The zero-order valence-corrected chi connectivity index (χ0v) is 65.8. The summed E-state index contributed by atoms with van der Waals surface area (Å²) in [6.45, 7) is 19.6. The van der Waals surface area contributed by atoms with Crippen LogP contribution in [0.2, 0.25) is 51.4 Å². The molecule has 12 heterocycles. The molecule has 0 bridgehead atoms. The second-order valence-electron chi connectivity index (χ2n) is 29.8. The van der Waals surface area contributed by atoms with E-state index in [-0.39, 0.29) is 18.1 Å². The van der Waals surface area contributed by atoms with Crippen molar-refractivity contribution in [3.05, 3.63) is 107 Å². The summed E-state index contributed by atoms with van der Waals surface area (Å²) >= 11 is 2.29. The molecule has 0 aromatic carbocycles. The predicted molar refractivity (Wildman–Crippen MR) is 413 cm³/mol. The highest BCUT2D eigenvalue weighted by Gasteiger charge is 2.33. The van der Waals surface area contributed by atoms with E-state index in [2.05, 4.69) is 114 Å². The number of aromatic amines is 1. The van der Waals surface area contributed by atoms with Crippen LogP contribution in [0.15, 0.2) is 92.2 Å². The topological polar surface area (TPSA) is 308 Å². The average molecular weight is 1580 g/mol. The normalized spacial score (nSPS) is 19.2. The molecule has 3 saturated heterocycles. The number of piperidine rings is 3. The number of fused-ring (bicyclic) bond motifs is 3. The molecule has 14 rings (SSSR count). The molecule has 9 aromatic heterocycles. The van der Waals surface area contributed by atoms with Gasteiger partial charge in [0.05, 0.1) is 58.0 Å². The Kier molecular flexibility index (Phi) is 23.1. The van der Waals surface area contributed by atoms with Gasteiger partial charge in [-0.05, 0) is 147 Å². The van der Waals surface area contributed by atoms with Crippen LogP contribution >= 0.6 is 22.6 Å². The van der Waals surface area contributed by atoms with Gasteiger partial charge in [-0.2, -0.15) is 0 Å². The van der Waals surface area contributed by atoms with Crippen LogP contribution < -0.4 is 16.0 Å². The summed E-state index contributed by atoms with van der Waals surface area (Å²) in [4.78, 5) is 45.9. The van der Waals surface area contributed by atoms with Gasteiger partial charge in [-0.1, -0.05) is 39.3 Å². The fourth-order valence-corrected chi connectivity index (χ4v) is 17.9. The number of nitrogens with one attached hydrogen (secondary N) is 4. The number of halogens is 1. The fraction of sp³-hybridized carbons (Fsp3) is 0.522. The maximum Gasteiger partial charge on any atom is 0.211 e. The van der Waals surface area contributed by atoms with Gasteiger partial charge < -0.3 is 39.5 Å². The average Bonchev–Trinajstić information content (AvgIpc) is 1.61. The van der Waals surface area contributed by atoms with Crippen LogP contribution in [0.3, 0.4) is 0 Å². The molecular formula is C69H95IN18O8S3Si2. The minimum absolute atomic E-state index is 0.00904. The van der Waals surface area contributed by atoms with E-state index < -0.39 is 46.2 Å². The molecule has 0 spiro atoms. The summed E-state index contributed by atoms with van der Waals surface area (Å²) in [7, 11) is -11.9. The third-order valence-electron chi connectivity index (χ3n) is 18.8. The molecule has 4 N–H and O–H groups in total. The molecule has 0 radical (unpaired) electrons. The minimum Gasteiger partial charge on any atom is -0.365 e. The number of pyridine rings is 3. The van der Waals surface area contributed by atoms with Gasteiger partial charge in [0.2, 0.25) is 30.1 Å². The lowest BCUT2D eigenvalue weighted by molar-refractivity contribution is 0.0897. The number of aromatic nitrogens is 12. The van der Waals surface area contributed by atoms with Crippen molar-refractivity contribution < 1.29 is 34.7 Å². The monoisotopic (exact) mass is 1580 g/mol. The number of hydrogen-bond donors (Lipinski definition) is 4. The first-order valence-corrected chi connectivity index (χ1v) is 49.0. The van der Waals surface area contributed by atoms with Crippen LogP contribution in [0, 0.1) is 3.57 Å². The third-order valence-corrected chi connectivity index (χ3v) is 26.9. The quantitative estimate of drug-likeness (QED) is 0.0248. The molecular weight excluding hydrogens is 1490 g/mol. The van der Waals surface area contributed by atoms with Gasteiger partial charge in [-0.3, -0.25) is 0 Å². The molecule has 2 aliphatic carbocycles. The molecule has 5 fully saturated rings.